The molecule has 0 bridgehead atoms. The van der Waals surface area contributed by atoms with Crippen LogP contribution in [0.2, 0.25) is 0 Å². The number of piperidine rings is 1. The highest BCUT2D eigenvalue weighted by Crippen LogP contribution is 2.31. The molecule has 1 fully saturated rings. The van der Waals surface area contributed by atoms with E-state index in [1.807, 2.05) is 71.6 Å². The fraction of sp³-hybridized carbons (Fsp3) is 0.348. The topological polar surface area (TPSA) is 40.5 Å². The van der Waals surface area contributed by atoms with Gasteiger partial charge in [-0.15, -0.1) is 6.58 Å². The summed E-state index contributed by atoms with van der Waals surface area (Å²) >= 11 is 0. The molecule has 1 amide bonds. The lowest BCUT2D eigenvalue weighted by molar-refractivity contribution is -0.133. The van der Waals surface area contributed by atoms with Crippen molar-refractivity contribution in [2.75, 3.05) is 13.1 Å². The molecule has 1 aliphatic heterocycles. The number of aliphatic hydroxyl groups is 1. The van der Waals surface area contributed by atoms with Crippen LogP contribution in [0, 0.1) is 5.92 Å². The van der Waals surface area contributed by atoms with Gasteiger partial charge in [-0.2, -0.15) is 0 Å². The Morgan fingerprint density at radius 1 is 1.04 bits per heavy atom. The largest absolute Gasteiger partial charge is 0.388 e. The molecule has 0 spiro atoms. The van der Waals surface area contributed by atoms with Gasteiger partial charge in [0.2, 0.25) is 5.91 Å². The SMILES string of the molecule is C=CC(CC(=O)N1CCC(C(O)c2ccccc2)CC1)c1ccccc1. The third-order valence-corrected chi connectivity index (χ3v) is 5.39. The minimum atomic E-state index is -0.446. The van der Waals surface area contributed by atoms with E-state index in [0.29, 0.717) is 19.5 Å². The van der Waals surface area contributed by atoms with E-state index in [2.05, 4.69) is 6.58 Å². The molecule has 1 aliphatic rings. The van der Waals surface area contributed by atoms with E-state index in [1.165, 1.54) is 0 Å². The first kappa shape index (κ1) is 18.4. The number of carbonyl (C=O) groups is 1. The van der Waals surface area contributed by atoms with Crippen molar-refractivity contribution >= 4 is 5.91 Å². The summed E-state index contributed by atoms with van der Waals surface area (Å²) in [4.78, 5) is 14.6. The van der Waals surface area contributed by atoms with Gasteiger partial charge >= 0.3 is 0 Å². The van der Waals surface area contributed by atoms with Crippen LogP contribution in [-0.2, 0) is 4.79 Å². The molecule has 2 unspecified atom stereocenters. The van der Waals surface area contributed by atoms with Crippen LogP contribution in [0.15, 0.2) is 73.3 Å². The zero-order chi connectivity index (χ0) is 18.4. The van der Waals surface area contributed by atoms with Crippen molar-refractivity contribution in [2.24, 2.45) is 5.92 Å². The lowest BCUT2D eigenvalue weighted by atomic mass is 9.87. The monoisotopic (exact) mass is 349 g/mol. The first-order valence-electron chi connectivity index (χ1n) is 9.37. The summed E-state index contributed by atoms with van der Waals surface area (Å²) in [6, 6.07) is 19.9. The van der Waals surface area contributed by atoms with Gasteiger partial charge in [-0.25, -0.2) is 0 Å². The van der Waals surface area contributed by atoms with Crippen molar-refractivity contribution in [1.29, 1.82) is 0 Å². The van der Waals surface area contributed by atoms with Crippen LogP contribution in [-0.4, -0.2) is 29.0 Å². The Labute approximate surface area is 156 Å². The van der Waals surface area contributed by atoms with Crippen LogP contribution < -0.4 is 0 Å². The molecule has 3 nitrogen and oxygen atoms in total. The molecule has 0 saturated carbocycles. The third kappa shape index (κ3) is 4.41. The number of carbonyl (C=O) groups excluding carboxylic acids is 1. The summed E-state index contributed by atoms with van der Waals surface area (Å²) < 4.78 is 0. The van der Waals surface area contributed by atoms with Crippen molar-refractivity contribution in [3.63, 3.8) is 0 Å². The van der Waals surface area contributed by atoms with Crippen molar-refractivity contribution in [3.8, 4) is 0 Å². The first-order valence-corrected chi connectivity index (χ1v) is 9.37. The van der Waals surface area contributed by atoms with E-state index in [1.54, 1.807) is 0 Å². The van der Waals surface area contributed by atoms with Gasteiger partial charge in [-0.3, -0.25) is 4.79 Å². The lowest BCUT2D eigenvalue weighted by Crippen LogP contribution is -2.40. The van der Waals surface area contributed by atoms with Crippen LogP contribution >= 0.6 is 0 Å². The quantitative estimate of drug-likeness (QED) is 0.789. The number of amides is 1. The first-order chi connectivity index (χ1) is 12.7. The van der Waals surface area contributed by atoms with Crippen LogP contribution in [0.25, 0.3) is 0 Å². The maximum absolute atomic E-state index is 12.7. The summed E-state index contributed by atoms with van der Waals surface area (Å²) in [6.45, 7) is 5.33. The van der Waals surface area contributed by atoms with E-state index < -0.39 is 6.10 Å². The van der Waals surface area contributed by atoms with Crippen LogP contribution in [0.5, 0.6) is 0 Å². The fourth-order valence-corrected chi connectivity index (χ4v) is 3.74. The number of rotatable bonds is 6. The highest BCUT2D eigenvalue weighted by Gasteiger charge is 2.28. The Morgan fingerprint density at radius 3 is 2.12 bits per heavy atom. The maximum atomic E-state index is 12.7. The average Bonchev–Trinajstić information content (AvgIpc) is 2.72. The highest BCUT2D eigenvalue weighted by molar-refractivity contribution is 5.77. The Morgan fingerprint density at radius 2 is 1.58 bits per heavy atom. The summed E-state index contributed by atoms with van der Waals surface area (Å²) in [5.41, 5.74) is 2.10. The standard InChI is InChI=1S/C23H27NO2/c1-2-18(19-9-5-3-6-10-19)17-22(25)24-15-13-21(14-16-24)23(26)20-11-7-4-8-12-20/h2-12,18,21,23,26H,1,13-17H2. The molecule has 2 aromatic carbocycles. The summed E-state index contributed by atoms with van der Waals surface area (Å²) in [5, 5.41) is 10.6. The zero-order valence-corrected chi connectivity index (χ0v) is 15.1. The second kappa shape index (κ2) is 8.81. The second-order valence-corrected chi connectivity index (χ2v) is 7.03. The molecule has 3 rings (SSSR count). The van der Waals surface area contributed by atoms with Gasteiger partial charge in [0.1, 0.15) is 0 Å². The molecule has 1 saturated heterocycles. The van der Waals surface area contributed by atoms with E-state index in [4.69, 9.17) is 0 Å². The summed E-state index contributed by atoms with van der Waals surface area (Å²) in [7, 11) is 0. The zero-order valence-electron chi connectivity index (χ0n) is 15.1. The molecule has 2 atom stereocenters. The lowest BCUT2D eigenvalue weighted by Gasteiger charge is -2.35. The second-order valence-electron chi connectivity index (χ2n) is 7.03. The Hall–Kier alpha value is -2.39. The van der Waals surface area contributed by atoms with Gasteiger partial charge in [-0.05, 0) is 29.9 Å². The number of hydrogen-bond donors (Lipinski definition) is 1. The number of nitrogens with zero attached hydrogens (tertiary/aromatic N) is 1. The number of aliphatic hydroxyl groups excluding tert-OH is 1. The number of benzene rings is 2. The molecule has 1 N–H and O–H groups in total. The van der Waals surface area contributed by atoms with Crippen molar-refractivity contribution in [1.82, 2.24) is 4.90 Å². The molecular formula is C23H27NO2. The molecule has 136 valence electrons. The molecule has 3 heteroatoms. The summed E-state index contributed by atoms with van der Waals surface area (Å²) in [6.07, 6.45) is 3.55. The Balaban J connectivity index is 1.54. The van der Waals surface area contributed by atoms with Gasteiger partial charge in [0.25, 0.3) is 0 Å². The number of allylic oxidation sites excluding steroid dienone is 1. The average molecular weight is 349 g/mol. The number of likely N-dealkylation sites (tertiary alicyclic amines) is 1. The smallest absolute Gasteiger partial charge is 0.223 e. The Bertz CT molecular complexity index is 706. The van der Waals surface area contributed by atoms with Crippen LogP contribution in [0.3, 0.4) is 0 Å². The molecule has 26 heavy (non-hydrogen) atoms. The van der Waals surface area contributed by atoms with Crippen LogP contribution in [0.4, 0.5) is 0 Å². The normalized spacial score (nSPS) is 17.5. The van der Waals surface area contributed by atoms with Crippen molar-refractivity contribution in [3.05, 3.63) is 84.4 Å². The minimum absolute atomic E-state index is 0.0522. The van der Waals surface area contributed by atoms with Gasteiger partial charge in [0.15, 0.2) is 0 Å². The predicted octanol–water partition coefficient (Wildman–Crippen LogP) is 4.32. The highest BCUT2D eigenvalue weighted by atomic mass is 16.3. The molecule has 0 aliphatic carbocycles. The van der Waals surface area contributed by atoms with E-state index in [0.717, 1.165) is 24.0 Å². The molecule has 2 aromatic rings. The summed E-state index contributed by atoms with van der Waals surface area (Å²) in [5.74, 6) is 0.438. The molecule has 1 heterocycles. The molecular weight excluding hydrogens is 322 g/mol. The maximum Gasteiger partial charge on any atom is 0.223 e. The minimum Gasteiger partial charge on any atom is -0.388 e. The van der Waals surface area contributed by atoms with Gasteiger partial charge in [0.05, 0.1) is 6.10 Å². The third-order valence-electron chi connectivity index (χ3n) is 5.39. The Kier molecular flexibility index (Phi) is 6.24. The fourth-order valence-electron chi connectivity index (χ4n) is 3.74. The molecule has 0 aromatic heterocycles. The van der Waals surface area contributed by atoms with E-state index >= 15 is 0 Å². The number of hydrogen-bond acceptors (Lipinski definition) is 2. The van der Waals surface area contributed by atoms with Crippen molar-refractivity contribution < 1.29 is 9.90 Å². The van der Waals surface area contributed by atoms with Crippen molar-refractivity contribution in [2.45, 2.75) is 31.3 Å². The van der Waals surface area contributed by atoms with Gasteiger partial charge in [0, 0.05) is 25.4 Å². The van der Waals surface area contributed by atoms with E-state index in [9.17, 15) is 9.90 Å². The van der Waals surface area contributed by atoms with E-state index in [-0.39, 0.29) is 17.7 Å². The van der Waals surface area contributed by atoms with Gasteiger partial charge < -0.3 is 10.0 Å². The predicted molar refractivity (Wildman–Crippen MR) is 105 cm³/mol. The molecule has 0 radical (unpaired) electrons. The van der Waals surface area contributed by atoms with Crippen LogP contribution in [0.1, 0.15) is 42.4 Å². The van der Waals surface area contributed by atoms with Gasteiger partial charge in [-0.1, -0.05) is 66.7 Å².